The van der Waals surface area contributed by atoms with Crippen LogP contribution in [-0.4, -0.2) is 43.9 Å². The van der Waals surface area contributed by atoms with E-state index in [1.165, 1.54) is 0 Å². The first kappa shape index (κ1) is 13.2. The molecule has 7 nitrogen and oxygen atoms in total. The number of likely N-dealkylation sites (tertiary alicyclic amines) is 1. The topological polar surface area (TPSA) is 79.6 Å². The summed E-state index contributed by atoms with van der Waals surface area (Å²) in [4.78, 5) is 30.3. The number of hydrogen-bond donors (Lipinski definition) is 1. The van der Waals surface area contributed by atoms with Crippen LogP contribution in [0.4, 0.5) is 0 Å². The van der Waals surface area contributed by atoms with E-state index in [-0.39, 0.29) is 17.7 Å². The molecular formula is C15H17N5O2. The van der Waals surface area contributed by atoms with Gasteiger partial charge in [-0.25, -0.2) is 9.50 Å². The summed E-state index contributed by atoms with van der Waals surface area (Å²) in [6, 6.07) is 2.19. The Kier molecular flexibility index (Phi) is 3.06. The highest BCUT2D eigenvalue weighted by Crippen LogP contribution is 2.32. The minimum absolute atomic E-state index is 0.0632. The zero-order chi connectivity index (χ0) is 15.1. The Labute approximate surface area is 127 Å². The minimum Gasteiger partial charge on any atom is -0.352 e. The predicted octanol–water partition coefficient (Wildman–Crippen LogP) is 0.356. The summed E-state index contributed by atoms with van der Waals surface area (Å²) >= 11 is 0. The van der Waals surface area contributed by atoms with Gasteiger partial charge in [0.25, 0.3) is 0 Å². The molecule has 0 spiro atoms. The number of fused-ring (bicyclic) bond motifs is 1. The van der Waals surface area contributed by atoms with Crippen molar-refractivity contribution in [3.05, 3.63) is 30.2 Å². The maximum Gasteiger partial charge on any atom is 0.225 e. The van der Waals surface area contributed by atoms with E-state index in [0.717, 1.165) is 24.1 Å². The third-order valence-electron chi connectivity index (χ3n) is 4.32. The average Bonchev–Trinajstić information content (AvgIpc) is 3.17. The van der Waals surface area contributed by atoms with Crippen molar-refractivity contribution in [1.29, 1.82) is 0 Å². The van der Waals surface area contributed by atoms with Gasteiger partial charge in [0.15, 0.2) is 5.65 Å². The molecule has 1 atom stereocenters. The second-order valence-electron chi connectivity index (χ2n) is 5.95. The molecule has 7 heteroatoms. The molecule has 4 rings (SSSR count). The van der Waals surface area contributed by atoms with Crippen LogP contribution >= 0.6 is 0 Å². The molecule has 1 saturated heterocycles. The van der Waals surface area contributed by atoms with E-state index in [9.17, 15) is 9.59 Å². The third-order valence-corrected chi connectivity index (χ3v) is 4.32. The summed E-state index contributed by atoms with van der Waals surface area (Å²) in [5, 5.41) is 7.10. The molecule has 1 saturated carbocycles. The number of carbonyl (C=O) groups excluding carboxylic acids is 2. The number of hydrogen-bond acceptors (Lipinski definition) is 4. The van der Waals surface area contributed by atoms with Gasteiger partial charge in [0.1, 0.15) is 0 Å². The second kappa shape index (κ2) is 5.08. The largest absolute Gasteiger partial charge is 0.352 e. The van der Waals surface area contributed by atoms with Crippen LogP contribution in [0.1, 0.15) is 24.8 Å². The van der Waals surface area contributed by atoms with Crippen LogP contribution < -0.4 is 5.32 Å². The van der Waals surface area contributed by atoms with E-state index >= 15 is 0 Å². The Morgan fingerprint density at radius 3 is 3.09 bits per heavy atom. The molecule has 2 aromatic heterocycles. The molecule has 1 aliphatic heterocycles. The maximum absolute atomic E-state index is 12.3. The Morgan fingerprint density at radius 2 is 2.27 bits per heavy atom. The lowest BCUT2D eigenvalue weighted by Gasteiger charge is -2.15. The zero-order valence-corrected chi connectivity index (χ0v) is 12.1. The van der Waals surface area contributed by atoms with Crippen molar-refractivity contribution in [3.63, 3.8) is 0 Å². The Hall–Kier alpha value is -2.44. The Bertz CT molecular complexity index is 736. The van der Waals surface area contributed by atoms with Gasteiger partial charge in [-0.05, 0) is 18.9 Å². The summed E-state index contributed by atoms with van der Waals surface area (Å²) in [5.74, 6) is -0.185. The molecule has 2 aromatic rings. The quantitative estimate of drug-likeness (QED) is 0.884. The van der Waals surface area contributed by atoms with Crippen LogP contribution in [0.3, 0.4) is 0 Å². The van der Waals surface area contributed by atoms with Crippen molar-refractivity contribution in [2.45, 2.75) is 31.8 Å². The molecule has 1 aliphatic carbocycles. The van der Waals surface area contributed by atoms with Gasteiger partial charge in [-0.15, -0.1) is 0 Å². The number of amides is 2. The third kappa shape index (κ3) is 2.32. The van der Waals surface area contributed by atoms with E-state index in [2.05, 4.69) is 15.4 Å². The van der Waals surface area contributed by atoms with Gasteiger partial charge in [0.2, 0.25) is 11.8 Å². The van der Waals surface area contributed by atoms with Crippen LogP contribution in [0.15, 0.2) is 24.7 Å². The van der Waals surface area contributed by atoms with Gasteiger partial charge in [-0.3, -0.25) is 9.59 Å². The highest BCUT2D eigenvalue weighted by atomic mass is 16.2. The fraction of sp³-hybridized carbons (Fsp3) is 0.467. The lowest BCUT2D eigenvalue weighted by atomic mass is 10.1. The molecule has 3 heterocycles. The molecule has 0 aromatic carbocycles. The van der Waals surface area contributed by atoms with E-state index in [1.54, 1.807) is 23.0 Å². The first-order valence-corrected chi connectivity index (χ1v) is 7.57. The van der Waals surface area contributed by atoms with Crippen molar-refractivity contribution >= 4 is 17.5 Å². The SMILES string of the molecule is O=C(NCc1cnn2cccnc12)C1CC(=O)N(C2CC2)C1. The minimum atomic E-state index is -0.233. The molecule has 0 radical (unpaired) electrons. The van der Waals surface area contributed by atoms with E-state index in [0.29, 0.717) is 25.6 Å². The summed E-state index contributed by atoms with van der Waals surface area (Å²) in [7, 11) is 0. The van der Waals surface area contributed by atoms with E-state index in [1.807, 2.05) is 11.1 Å². The number of nitrogens with zero attached hydrogens (tertiary/aromatic N) is 4. The van der Waals surface area contributed by atoms with Gasteiger partial charge in [-0.2, -0.15) is 5.10 Å². The molecule has 2 fully saturated rings. The average molecular weight is 299 g/mol. The van der Waals surface area contributed by atoms with Crippen molar-refractivity contribution in [2.75, 3.05) is 6.54 Å². The summed E-state index contributed by atoms with van der Waals surface area (Å²) in [5.41, 5.74) is 1.61. The fourth-order valence-corrected chi connectivity index (χ4v) is 2.97. The standard InChI is InChI=1S/C15H17N5O2/c21-13-6-10(9-19(13)12-2-3-12)15(22)17-7-11-8-18-20-5-1-4-16-14(11)20/h1,4-5,8,10,12H,2-3,6-7,9H2,(H,17,22). The predicted molar refractivity (Wildman–Crippen MR) is 77.7 cm³/mol. The van der Waals surface area contributed by atoms with Crippen LogP contribution in [0.25, 0.3) is 5.65 Å². The Balaban J connectivity index is 1.39. The Morgan fingerprint density at radius 1 is 1.41 bits per heavy atom. The number of nitrogens with one attached hydrogen (secondary N) is 1. The van der Waals surface area contributed by atoms with Crippen molar-refractivity contribution in [1.82, 2.24) is 24.8 Å². The van der Waals surface area contributed by atoms with Crippen LogP contribution in [0, 0.1) is 5.92 Å². The van der Waals surface area contributed by atoms with Crippen molar-refractivity contribution < 1.29 is 9.59 Å². The monoisotopic (exact) mass is 299 g/mol. The molecule has 1 N–H and O–H groups in total. The fourth-order valence-electron chi connectivity index (χ4n) is 2.97. The van der Waals surface area contributed by atoms with Gasteiger partial charge in [-0.1, -0.05) is 0 Å². The molecule has 2 aliphatic rings. The maximum atomic E-state index is 12.3. The molecule has 114 valence electrons. The van der Waals surface area contributed by atoms with Gasteiger partial charge in [0, 0.05) is 43.5 Å². The lowest BCUT2D eigenvalue weighted by Crippen LogP contribution is -2.33. The van der Waals surface area contributed by atoms with Crippen LogP contribution in [0.5, 0.6) is 0 Å². The number of carbonyl (C=O) groups is 2. The van der Waals surface area contributed by atoms with E-state index in [4.69, 9.17) is 0 Å². The summed E-state index contributed by atoms with van der Waals surface area (Å²) in [6.07, 6.45) is 7.71. The van der Waals surface area contributed by atoms with E-state index < -0.39 is 0 Å². The molecule has 1 unspecified atom stereocenters. The van der Waals surface area contributed by atoms with Crippen LogP contribution in [0.2, 0.25) is 0 Å². The second-order valence-corrected chi connectivity index (χ2v) is 5.95. The molecule has 2 amide bonds. The zero-order valence-electron chi connectivity index (χ0n) is 12.1. The molecular weight excluding hydrogens is 282 g/mol. The first-order chi connectivity index (χ1) is 10.7. The van der Waals surface area contributed by atoms with Crippen molar-refractivity contribution in [2.24, 2.45) is 5.92 Å². The summed E-state index contributed by atoms with van der Waals surface area (Å²) < 4.78 is 1.68. The number of aromatic nitrogens is 3. The normalized spacial score (nSPS) is 21.5. The lowest BCUT2D eigenvalue weighted by molar-refractivity contribution is -0.129. The van der Waals surface area contributed by atoms with Gasteiger partial charge < -0.3 is 10.2 Å². The highest BCUT2D eigenvalue weighted by Gasteiger charge is 2.41. The van der Waals surface area contributed by atoms with Gasteiger partial charge in [0.05, 0.1) is 12.1 Å². The highest BCUT2D eigenvalue weighted by molar-refractivity contribution is 5.89. The van der Waals surface area contributed by atoms with Crippen LogP contribution in [-0.2, 0) is 16.1 Å². The summed E-state index contributed by atoms with van der Waals surface area (Å²) in [6.45, 7) is 0.940. The smallest absolute Gasteiger partial charge is 0.225 e. The van der Waals surface area contributed by atoms with Crippen molar-refractivity contribution in [3.8, 4) is 0 Å². The number of rotatable bonds is 4. The molecule has 22 heavy (non-hydrogen) atoms. The molecule has 0 bridgehead atoms. The van der Waals surface area contributed by atoms with Gasteiger partial charge >= 0.3 is 0 Å². The first-order valence-electron chi connectivity index (χ1n) is 7.57.